The van der Waals surface area contributed by atoms with Gasteiger partial charge in [-0.3, -0.25) is 14.5 Å². The van der Waals surface area contributed by atoms with Crippen LogP contribution in [-0.4, -0.2) is 39.7 Å². The summed E-state index contributed by atoms with van der Waals surface area (Å²) < 4.78 is 26.5. The first-order valence-corrected chi connectivity index (χ1v) is 16.5. The smallest absolute Gasteiger partial charge is 0.301 e. The number of hydrogen-bond acceptors (Lipinski definition) is 9. The van der Waals surface area contributed by atoms with Crippen LogP contribution in [0, 0.1) is 11.7 Å². The predicted octanol–water partition coefficient (Wildman–Crippen LogP) is 7.34. The number of ketones is 1. The average Bonchev–Trinajstić information content (AvgIpc) is 3.71. The van der Waals surface area contributed by atoms with Crippen molar-refractivity contribution in [3.63, 3.8) is 0 Å². The van der Waals surface area contributed by atoms with Crippen LogP contribution in [0.5, 0.6) is 11.5 Å². The molecular weight excluding hydrogens is 614 g/mol. The lowest BCUT2D eigenvalue weighted by atomic mass is 9.94. The highest BCUT2D eigenvalue weighted by Crippen LogP contribution is 2.45. The van der Waals surface area contributed by atoms with Crippen LogP contribution in [0.4, 0.5) is 9.52 Å². The van der Waals surface area contributed by atoms with Gasteiger partial charge in [-0.2, -0.15) is 0 Å². The third-order valence-corrected chi connectivity index (χ3v) is 9.77. The van der Waals surface area contributed by atoms with Crippen molar-refractivity contribution in [2.45, 2.75) is 55.9 Å². The Kier molecular flexibility index (Phi) is 8.91. The lowest BCUT2D eigenvalue weighted by molar-refractivity contribution is -0.132. The third kappa shape index (κ3) is 6.46. The van der Waals surface area contributed by atoms with Gasteiger partial charge in [0.15, 0.2) is 4.34 Å². The van der Waals surface area contributed by atoms with Gasteiger partial charge >= 0.3 is 5.91 Å². The molecule has 45 heavy (non-hydrogen) atoms. The van der Waals surface area contributed by atoms with Crippen molar-refractivity contribution in [3.8, 4) is 11.5 Å². The largest absolute Gasteiger partial charge is 0.507 e. The van der Waals surface area contributed by atoms with Crippen LogP contribution in [0.3, 0.4) is 0 Å². The van der Waals surface area contributed by atoms with Crippen molar-refractivity contribution in [1.82, 2.24) is 10.2 Å². The van der Waals surface area contributed by atoms with E-state index >= 15 is 0 Å². The standard InChI is InChI=1S/C34H32FN3O5S2/c1-19(2)13-14-42-25-9-6-8-21(17-25)29-28(30(39)22-11-12-27-24(16-22)15-20(3)43-27)31(40)32(41)38(29)33-36-37-34(45-33)44-18-23-7-4-5-10-26(23)35/h4-12,16-17,19-20,29,39H,13-15,18H2,1-3H3/b30-28+/t20-,29-/m1/s1. The van der Waals surface area contributed by atoms with Gasteiger partial charge < -0.3 is 14.6 Å². The molecule has 0 radical (unpaired) electrons. The minimum atomic E-state index is -0.987. The minimum absolute atomic E-state index is 0.00395. The number of thioether (sulfide) groups is 1. The van der Waals surface area contributed by atoms with Gasteiger partial charge in [0.2, 0.25) is 5.13 Å². The SMILES string of the molecule is CC(C)CCOc1cccc([C@@H]2/C(=C(\O)c3ccc4c(c3)C[C@@H](C)O4)C(=O)C(=O)N2c2nnc(SCc3ccccc3F)s2)c1. The number of hydrogen-bond donors (Lipinski definition) is 1. The van der Waals surface area contributed by atoms with E-state index in [2.05, 4.69) is 24.0 Å². The Balaban J connectivity index is 1.38. The van der Waals surface area contributed by atoms with Crippen LogP contribution in [-0.2, 0) is 21.8 Å². The van der Waals surface area contributed by atoms with Crippen molar-refractivity contribution in [1.29, 1.82) is 0 Å². The van der Waals surface area contributed by atoms with Crippen LogP contribution in [0.15, 0.2) is 76.6 Å². The number of amides is 1. The molecule has 0 unspecified atom stereocenters. The summed E-state index contributed by atoms with van der Waals surface area (Å²) in [5.41, 5.74) is 2.37. The highest BCUT2D eigenvalue weighted by molar-refractivity contribution is 8.00. The van der Waals surface area contributed by atoms with Crippen molar-refractivity contribution < 1.29 is 28.6 Å². The minimum Gasteiger partial charge on any atom is -0.507 e. The highest BCUT2D eigenvalue weighted by Gasteiger charge is 2.48. The zero-order valence-corrected chi connectivity index (χ0v) is 26.7. The Bertz CT molecular complexity index is 1790. The van der Waals surface area contributed by atoms with Gasteiger partial charge in [-0.15, -0.1) is 10.2 Å². The summed E-state index contributed by atoms with van der Waals surface area (Å²) in [5, 5.41) is 20.3. The van der Waals surface area contributed by atoms with Crippen LogP contribution < -0.4 is 14.4 Å². The van der Waals surface area contributed by atoms with E-state index in [1.165, 1.54) is 22.7 Å². The van der Waals surface area contributed by atoms with Gasteiger partial charge in [0.25, 0.3) is 5.78 Å². The Hall–Kier alpha value is -4.22. The molecule has 1 fully saturated rings. The normalized spacial score (nSPS) is 18.8. The summed E-state index contributed by atoms with van der Waals surface area (Å²) in [7, 11) is 0. The summed E-state index contributed by atoms with van der Waals surface area (Å²) in [6.07, 6.45) is 1.54. The van der Waals surface area contributed by atoms with E-state index in [-0.39, 0.29) is 28.4 Å². The summed E-state index contributed by atoms with van der Waals surface area (Å²) in [5.74, 6) is -0.158. The van der Waals surface area contributed by atoms with Gasteiger partial charge in [-0.05, 0) is 72.4 Å². The monoisotopic (exact) mass is 645 g/mol. The highest BCUT2D eigenvalue weighted by atomic mass is 32.2. The molecule has 11 heteroatoms. The topological polar surface area (TPSA) is 102 Å². The molecule has 0 aliphatic carbocycles. The van der Waals surface area contributed by atoms with Crippen LogP contribution in [0.1, 0.15) is 55.5 Å². The molecule has 0 saturated carbocycles. The Morgan fingerprint density at radius 3 is 2.76 bits per heavy atom. The Morgan fingerprint density at radius 2 is 1.96 bits per heavy atom. The third-order valence-electron chi connectivity index (χ3n) is 7.66. The van der Waals surface area contributed by atoms with E-state index in [1.54, 1.807) is 54.6 Å². The zero-order valence-electron chi connectivity index (χ0n) is 25.0. The number of aliphatic hydroxyl groups excluding tert-OH is 1. The second-order valence-corrected chi connectivity index (χ2v) is 13.6. The van der Waals surface area contributed by atoms with E-state index in [1.807, 2.05) is 13.0 Å². The van der Waals surface area contributed by atoms with Gasteiger partial charge in [0, 0.05) is 17.7 Å². The molecule has 8 nitrogen and oxygen atoms in total. The van der Waals surface area contributed by atoms with Crippen LogP contribution in [0.2, 0.25) is 0 Å². The van der Waals surface area contributed by atoms with E-state index in [0.29, 0.717) is 51.5 Å². The summed E-state index contributed by atoms with van der Waals surface area (Å²) in [6, 6.07) is 17.9. The van der Waals surface area contributed by atoms with Gasteiger partial charge in [0.05, 0.1) is 18.2 Å². The van der Waals surface area contributed by atoms with E-state index in [9.17, 15) is 19.1 Å². The molecule has 4 aromatic rings. The Labute approximate surface area is 268 Å². The number of carbonyl (C=O) groups excluding carboxylic acids is 2. The van der Waals surface area contributed by atoms with Crippen LogP contribution >= 0.6 is 23.1 Å². The zero-order chi connectivity index (χ0) is 31.7. The Morgan fingerprint density at radius 1 is 1.13 bits per heavy atom. The summed E-state index contributed by atoms with van der Waals surface area (Å²) in [4.78, 5) is 28.7. The van der Waals surface area contributed by atoms with Crippen molar-refractivity contribution in [2.24, 2.45) is 5.92 Å². The number of carbonyl (C=O) groups is 2. The average molecular weight is 646 g/mol. The van der Waals surface area contributed by atoms with Crippen molar-refractivity contribution in [3.05, 3.63) is 100 Å². The number of aliphatic hydroxyl groups is 1. The first kappa shape index (κ1) is 30.8. The second-order valence-electron chi connectivity index (χ2n) is 11.5. The number of nitrogens with zero attached hydrogens (tertiary/aromatic N) is 3. The summed E-state index contributed by atoms with van der Waals surface area (Å²) >= 11 is 2.41. The molecule has 3 heterocycles. The fourth-order valence-electron chi connectivity index (χ4n) is 5.37. The van der Waals surface area contributed by atoms with Crippen molar-refractivity contribution in [2.75, 3.05) is 11.5 Å². The second kappa shape index (κ2) is 13.0. The maximum Gasteiger partial charge on any atom is 0.301 e. The number of Topliss-reactive ketones (excluding diaryl/α,β-unsaturated/α-hetero) is 1. The predicted molar refractivity (Wildman–Crippen MR) is 172 cm³/mol. The maximum absolute atomic E-state index is 14.2. The first-order valence-electron chi connectivity index (χ1n) is 14.7. The molecule has 1 saturated heterocycles. The number of aromatic nitrogens is 2. The van der Waals surface area contributed by atoms with E-state index < -0.39 is 17.7 Å². The van der Waals surface area contributed by atoms with Gasteiger partial charge in [0.1, 0.15) is 29.2 Å². The lowest BCUT2D eigenvalue weighted by Gasteiger charge is -2.23. The fraction of sp³-hybridized carbons (Fsp3) is 0.294. The molecule has 3 aromatic carbocycles. The first-order chi connectivity index (χ1) is 21.7. The number of anilines is 1. The number of halogens is 1. The van der Waals surface area contributed by atoms with E-state index in [0.717, 1.165) is 29.1 Å². The molecule has 1 N–H and O–H groups in total. The molecule has 2 aliphatic rings. The molecule has 0 spiro atoms. The van der Waals surface area contributed by atoms with Crippen molar-refractivity contribution >= 4 is 45.7 Å². The molecule has 232 valence electrons. The number of fused-ring (bicyclic) bond motifs is 1. The lowest BCUT2D eigenvalue weighted by Crippen LogP contribution is -2.29. The quantitative estimate of drug-likeness (QED) is 0.0629. The van der Waals surface area contributed by atoms with Gasteiger partial charge in [-0.25, -0.2) is 4.39 Å². The number of ether oxygens (including phenoxy) is 2. The van der Waals surface area contributed by atoms with Crippen LogP contribution in [0.25, 0.3) is 5.76 Å². The summed E-state index contributed by atoms with van der Waals surface area (Å²) in [6.45, 7) is 6.70. The number of rotatable bonds is 10. The van der Waals surface area contributed by atoms with E-state index in [4.69, 9.17) is 9.47 Å². The molecule has 2 aliphatic heterocycles. The number of benzene rings is 3. The molecule has 0 bridgehead atoms. The molecule has 6 rings (SSSR count). The fourth-order valence-corrected chi connectivity index (χ4v) is 7.22. The molecular formula is C34H32FN3O5S2. The maximum atomic E-state index is 14.2. The molecule has 2 atom stereocenters. The van der Waals surface area contributed by atoms with Gasteiger partial charge in [-0.1, -0.05) is 67.3 Å². The molecule has 1 amide bonds. The molecule has 1 aromatic heterocycles.